The van der Waals surface area contributed by atoms with Gasteiger partial charge in [0.15, 0.2) is 0 Å². The summed E-state index contributed by atoms with van der Waals surface area (Å²) in [6.07, 6.45) is 0.0487. The fourth-order valence-electron chi connectivity index (χ4n) is 3.19. The molecule has 2 aromatic rings. The Morgan fingerprint density at radius 1 is 1.10 bits per heavy atom. The average Bonchev–Trinajstić information content (AvgIpc) is 3.23. The van der Waals surface area contributed by atoms with Gasteiger partial charge in [-0.2, -0.15) is 0 Å². The Hall–Kier alpha value is -3.15. The normalized spacial score (nSPS) is 16.5. The van der Waals surface area contributed by atoms with Gasteiger partial charge < -0.3 is 15.5 Å². The van der Waals surface area contributed by atoms with Crippen LogP contribution in [0.5, 0.6) is 0 Å². The molecule has 6 heteroatoms. The summed E-state index contributed by atoms with van der Waals surface area (Å²) in [5, 5.41) is 9.87. The van der Waals surface area contributed by atoms with Crippen LogP contribution in [-0.2, 0) is 20.8 Å². The molecule has 1 heterocycles. The van der Waals surface area contributed by atoms with E-state index in [0.29, 0.717) is 25.3 Å². The average molecular weight is 408 g/mol. The minimum Gasteiger partial charge on any atom is -0.382 e. The van der Waals surface area contributed by atoms with Crippen LogP contribution in [0.25, 0.3) is 0 Å². The van der Waals surface area contributed by atoms with Crippen molar-refractivity contribution in [1.82, 2.24) is 10.6 Å². The van der Waals surface area contributed by atoms with E-state index < -0.39 is 12.1 Å². The van der Waals surface area contributed by atoms with E-state index >= 15 is 0 Å². The van der Waals surface area contributed by atoms with Gasteiger partial charge in [0, 0.05) is 19.4 Å². The lowest BCUT2D eigenvalue weighted by molar-refractivity contribution is -0.135. The van der Waals surface area contributed by atoms with E-state index in [9.17, 15) is 9.59 Å². The topological polar surface area (TPSA) is 79.8 Å². The van der Waals surface area contributed by atoms with Crippen LogP contribution in [0, 0.1) is 12.8 Å². The second-order valence-corrected chi connectivity index (χ2v) is 8.09. The van der Waals surface area contributed by atoms with E-state index in [-0.39, 0.29) is 11.8 Å². The molecule has 0 radical (unpaired) electrons. The van der Waals surface area contributed by atoms with Crippen LogP contribution in [0.3, 0.4) is 0 Å². The third kappa shape index (κ3) is 5.92. The molecule has 0 aromatic heterocycles. The van der Waals surface area contributed by atoms with Gasteiger partial charge in [-0.3, -0.25) is 9.59 Å². The number of carbonyl (C=O) groups is 2. The maximum atomic E-state index is 12.8. The fourth-order valence-corrected chi connectivity index (χ4v) is 3.19. The Morgan fingerprint density at radius 2 is 1.80 bits per heavy atom. The number of hydrogen-bond acceptors (Lipinski definition) is 4. The molecule has 0 bridgehead atoms. The molecule has 2 amide bonds. The summed E-state index contributed by atoms with van der Waals surface area (Å²) in [6.45, 7) is 6.63. The molecular weight excluding hydrogens is 378 g/mol. The number of rotatable bonds is 8. The minimum atomic E-state index is -0.738. The van der Waals surface area contributed by atoms with Crippen LogP contribution >= 0.6 is 0 Å². The van der Waals surface area contributed by atoms with Gasteiger partial charge in [-0.25, -0.2) is 0 Å². The van der Waals surface area contributed by atoms with Crippen LogP contribution in [0.1, 0.15) is 37.0 Å². The standard InChI is InChI=1S/C24H29N3O3/c1-16(2)15-25-23(28)21(13-18-7-5-4-6-8-18)26-24(29)22-14-20(27-30-22)19-11-9-17(3)10-12-19/h4-12,16,21-22H,13-15H2,1-3H3,(H,25,28)(H,26,29)/t21-,22-/m1/s1. The Bertz CT molecular complexity index is 892. The highest BCUT2D eigenvalue weighted by molar-refractivity contribution is 6.04. The van der Waals surface area contributed by atoms with E-state index in [0.717, 1.165) is 22.4 Å². The van der Waals surface area contributed by atoms with Crippen molar-refractivity contribution < 1.29 is 14.4 Å². The van der Waals surface area contributed by atoms with E-state index in [1.165, 1.54) is 0 Å². The molecule has 158 valence electrons. The molecule has 0 saturated heterocycles. The second-order valence-electron chi connectivity index (χ2n) is 8.09. The number of hydrogen-bond donors (Lipinski definition) is 2. The summed E-state index contributed by atoms with van der Waals surface area (Å²) >= 11 is 0. The van der Waals surface area contributed by atoms with Crippen LogP contribution in [-0.4, -0.2) is 36.2 Å². The van der Waals surface area contributed by atoms with Crippen molar-refractivity contribution in [2.45, 2.75) is 45.8 Å². The number of oxime groups is 1. The molecule has 1 aliphatic heterocycles. The lowest BCUT2D eigenvalue weighted by Crippen LogP contribution is -2.51. The Kier molecular flexibility index (Phi) is 7.22. The van der Waals surface area contributed by atoms with Crippen molar-refractivity contribution in [3.05, 3.63) is 71.3 Å². The van der Waals surface area contributed by atoms with Gasteiger partial charge in [-0.15, -0.1) is 0 Å². The zero-order chi connectivity index (χ0) is 21.5. The fraction of sp³-hybridized carbons (Fsp3) is 0.375. The third-order valence-corrected chi connectivity index (χ3v) is 4.95. The molecule has 2 aromatic carbocycles. The van der Waals surface area contributed by atoms with Crippen molar-refractivity contribution in [2.75, 3.05) is 6.54 Å². The summed E-state index contributed by atoms with van der Waals surface area (Å²) in [4.78, 5) is 30.9. The van der Waals surface area contributed by atoms with Gasteiger partial charge in [0.25, 0.3) is 5.91 Å². The van der Waals surface area contributed by atoms with Gasteiger partial charge in [0.05, 0.1) is 5.71 Å². The molecule has 0 fully saturated rings. The Morgan fingerprint density at radius 3 is 2.47 bits per heavy atom. The number of benzene rings is 2. The SMILES string of the molecule is Cc1ccc(C2=NO[C@@H](C(=O)N[C@H](Cc3ccccc3)C(=O)NCC(C)C)C2)cc1. The van der Waals surface area contributed by atoms with E-state index in [4.69, 9.17) is 4.84 Å². The van der Waals surface area contributed by atoms with Crippen LogP contribution in [0.4, 0.5) is 0 Å². The van der Waals surface area contributed by atoms with Crippen molar-refractivity contribution in [2.24, 2.45) is 11.1 Å². The number of amides is 2. The first kappa shape index (κ1) is 21.6. The Balaban J connectivity index is 1.63. The van der Waals surface area contributed by atoms with Crippen LogP contribution in [0.15, 0.2) is 59.8 Å². The van der Waals surface area contributed by atoms with Gasteiger partial charge in [-0.1, -0.05) is 79.2 Å². The first-order chi connectivity index (χ1) is 14.4. The highest BCUT2D eigenvalue weighted by Gasteiger charge is 2.32. The molecular formula is C24H29N3O3. The molecule has 1 aliphatic rings. The maximum Gasteiger partial charge on any atom is 0.265 e. The predicted octanol–water partition coefficient (Wildman–Crippen LogP) is 2.99. The number of aryl methyl sites for hydroxylation is 1. The van der Waals surface area contributed by atoms with Gasteiger partial charge in [0.1, 0.15) is 6.04 Å². The van der Waals surface area contributed by atoms with Crippen molar-refractivity contribution in [1.29, 1.82) is 0 Å². The second kappa shape index (κ2) is 10.1. The largest absolute Gasteiger partial charge is 0.382 e. The van der Waals surface area contributed by atoms with E-state index in [2.05, 4.69) is 15.8 Å². The quantitative estimate of drug-likeness (QED) is 0.706. The summed E-state index contributed by atoms with van der Waals surface area (Å²) in [6, 6.07) is 16.9. The van der Waals surface area contributed by atoms with Crippen molar-refractivity contribution in [3.63, 3.8) is 0 Å². The molecule has 0 spiro atoms. The highest BCUT2D eigenvalue weighted by Crippen LogP contribution is 2.18. The minimum absolute atomic E-state index is 0.196. The van der Waals surface area contributed by atoms with Gasteiger partial charge >= 0.3 is 0 Å². The number of nitrogens with one attached hydrogen (secondary N) is 2. The molecule has 0 unspecified atom stereocenters. The maximum absolute atomic E-state index is 12.8. The summed E-state index contributed by atoms with van der Waals surface area (Å²) in [5.74, 6) is -0.203. The van der Waals surface area contributed by atoms with Crippen molar-refractivity contribution >= 4 is 17.5 Å². The molecule has 2 atom stereocenters. The molecule has 2 N–H and O–H groups in total. The molecule has 3 rings (SSSR count). The smallest absolute Gasteiger partial charge is 0.265 e. The third-order valence-electron chi connectivity index (χ3n) is 4.95. The molecule has 0 aliphatic carbocycles. The van der Waals surface area contributed by atoms with Gasteiger partial charge in [-0.05, 0) is 24.0 Å². The molecule has 0 saturated carbocycles. The predicted molar refractivity (Wildman–Crippen MR) is 117 cm³/mol. The zero-order valence-corrected chi connectivity index (χ0v) is 17.7. The van der Waals surface area contributed by atoms with E-state index in [1.54, 1.807) is 0 Å². The zero-order valence-electron chi connectivity index (χ0n) is 17.7. The summed E-state index contributed by atoms with van der Waals surface area (Å²) in [7, 11) is 0. The molecule has 30 heavy (non-hydrogen) atoms. The van der Waals surface area contributed by atoms with E-state index in [1.807, 2.05) is 75.4 Å². The van der Waals surface area contributed by atoms with Crippen LogP contribution in [0.2, 0.25) is 0 Å². The summed E-state index contributed by atoms with van der Waals surface area (Å²) < 4.78 is 0. The first-order valence-electron chi connectivity index (χ1n) is 10.3. The monoisotopic (exact) mass is 407 g/mol. The first-order valence-corrected chi connectivity index (χ1v) is 10.3. The van der Waals surface area contributed by atoms with Crippen LogP contribution < -0.4 is 10.6 Å². The number of nitrogens with zero attached hydrogens (tertiary/aromatic N) is 1. The van der Waals surface area contributed by atoms with Crippen molar-refractivity contribution in [3.8, 4) is 0 Å². The van der Waals surface area contributed by atoms with Gasteiger partial charge in [0.2, 0.25) is 12.0 Å². The highest BCUT2D eigenvalue weighted by atomic mass is 16.6. The summed E-state index contributed by atoms with van der Waals surface area (Å²) in [5.41, 5.74) is 3.81. The Labute approximate surface area is 177 Å². The lowest BCUT2D eigenvalue weighted by atomic mass is 10.0. The number of carbonyl (C=O) groups excluding carboxylic acids is 2. The lowest BCUT2D eigenvalue weighted by Gasteiger charge is -2.20. The molecule has 6 nitrogen and oxygen atoms in total.